The Hall–Kier alpha value is -1.55. The van der Waals surface area contributed by atoms with Crippen LogP contribution in [0, 0.1) is 0 Å². The lowest BCUT2D eigenvalue weighted by Gasteiger charge is -2.03. The Bertz CT molecular complexity index is 375. The molecule has 0 spiro atoms. The Labute approximate surface area is 98.2 Å². The first-order valence-electron chi connectivity index (χ1n) is 4.85. The van der Waals surface area contributed by atoms with Gasteiger partial charge in [-0.05, 0) is 42.3 Å². The molecule has 1 amide bonds. The highest BCUT2D eigenvalue weighted by atomic mass is 35.5. The first-order chi connectivity index (χ1) is 7.59. The second-order valence-corrected chi connectivity index (χ2v) is 3.68. The zero-order valence-electron chi connectivity index (χ0n) is 8.57. The summed E-state index contributed by atoms with van der Waals surface area (Å²) in [5.41, 5.74) is 0.468. The smallest absolute Gasteiger partial charge is 0.251 e. The van der Waals surface area contributed by atoms with Crippen molar-refractivity contribution in [2.45, 2.75) is 12.8 Å². The maximum absolute atomic E-state index is 11.5. The van der Waals surface area contributed by atoms with E-state index in [1.165, 1.54) is 24.3 Å². The second kappa shape index (κ2) is 6.12. The van der Waals surface area contributed by atoms with Crippen LogP contribution in [-0.4, -0.2) is 22.8 Å². The number of hydrogen-bond acceptors (Lipinski definition) is 3. The summed E-state index contributed by atoms with van der Waals surface area (Å²) < 4.78 is 0. The van der Waals surface area contributed by atoms with Crippen LogP contribution in [0.2, 0.25) is 0 Å². The summed E-state index contributed by atoms with van der Waals surface area (Å²) in [7, 11) is 0. The number of carbonyl (C=O) groups excluding carboxylic acids is 2. The summed E-state index contributed by atoms with van der Waals surface area (Å²) in [6.45, 7) is 0.401. The van der Waals surface area contributed by atoms with Crippen LogP contribution in [0.5, 0.6) is 5.75 Å². The SMILES string of the molecule is O=C(Cl)CCCNC(=O)c1ccc(O)cc1. The van der Waals surface area contributed by atoms with E-state index in [0.29, 0.717) is 18.5 Å². The van der Waals surface area contributed by atoms with Crippen LogP contribution >= 0.6 is 11.6 Å². The molecule has 5 heteroatoms. The molecule has 0 bridgehead atoms. The molecule has 4 nitrogen and oxygen atoms in total. The van der Waals surface area contributed by atoms with Crippen LogP contribution in [0.1, 0.15) is 23.2 Å². The molecule has 86 valence electrons. The number of amides is 1. The summed E-state index contributed by atoms with van der Waals surface area (Å²) in [6.07, 6.45) is 0.767. The standard InChI is InChI=1S/C11H12ClNO3/c12-10(15)2-1-7-13-11(16)8-3-5-9(14)6-4-8/h3-6,14H,1-2,7H2,(H,13,16). The molecule has 0 saturated heterocycles. The lowest BCUT2D eigenvalue weighted by atomic mass is 10.2. The molecule has 0 aliphatic heterocycles. The second-order valence-electron chi connectivity index (χ2n) is 3.26. The van der Waals surface area contributed by atoms with Crippen molar-refractivity contribution in [3.63, 3.8) is 0 Å². The quantitative estimate of drug-likeness (QED) is 0.609. The molecule has 0 aliphatic carbocycles. The van der Waals surface area contributed by atoms with Crippen LogP contribution in [0.3, 0.4) is 0 Å². The van der Waals surface area contributed by atoms with Gasteiger partial charge in [0.25, 0.3) is 5.91 Å². The molecule has 16 heavy (non-hydrogen) atoms. The fourth-order valence-corrected chi connectivity index (χ4v) is 1.28. The van der Waals surface area contributed by atoms with Gasteiger partial charge in [0.15, 0.2) is 0 Å². The van der Waals surface area contributed by atoms with Crippen molar-refractivity contribution in [3.05, 3.63) is 29.8 Å². The van der Waals surface area contributed by atoms with E-state index < -0.39 is 5.24 Å². The topological polar surface area (TPSA) is 66.4 Å². The number of hydrogen-bond donors (Lipinski definition) is 2. The number of aromatic hydroxyl groups is 1. The van der Waals surface area contributed by atoms with Gasteiger partial charge in [0.2, 0.25) is 5.24 Å². The van der Waals surface area contributed by atoms with Gasteiger partial charge >= 0.3 is 0 Å². The summed E-state index contributed by atoms with van der Waals surface area (Å²) >= 11 is 5.15. The van der Waals surface area contributed by atoms with E-state index in [1.807, 2.05) is 0 Å². The van der Waals surface area contributed by atoms with Crippen LogP contribution in [0.25, 0.3) is 0 Å². The third-order valence-corrected chi connectivity index (χ3v) is 2.15. The lowest BCUT2D eigenvalue weighted by Crippen LogP contribution is -2.24. The molecule has 0 heterocycles. The highest BCUT2D eigenvalue weighted by Crippen LogP contribution is 2.09. The van der Waals surface area contributed by atoms with E-state index in [9.17, 15) is 9.59 Å². The molecule has 0 saturated carbocycles. The average molecular weight is 242 g/mol. The Balaban J connectivity index is 2.35. The molecule has 1 aromatic carbocycles. The van der Waals surface area contributed by atoms with E-state index in [2.05, 4.69) is 5.32 Å². The van der Waals surface area contributed by atoms with E-state index in [1.54, 1.807) is 0 Å². The van der Waals surface area contributed by atoms with Gasteiger partial charge < -0.3 is 10.4 Å². The first-order valence-corrected chi connectivity index (χ1v) is 5.23. The van der Waals surface area contributed by atoms with Crippen molar-refractivity contribution in [2.75, 3.05) is 6.54 Å². The minimum atomic E-state index is -0.404. The van der Waals surface area contributed by atoms with Crippen LogP contribution in [0.4, 0.5) is 0 Å². The molecular formula is C11H12ClNO3. The van der Waals surface area contributed by atoms with Gasteiger partial charge in [-0.25, -0.2) is 0 Å². The van der Waals surface area contributed by atoms with Crippen molar-refractivity contribution in [3.8, 4) is 5.75 Å². The molecule has 0 aromatic heterocycles. The van der Waals surface area contributed by atoms with Crippen molar-refractivity contribution in [1.82, 2.24) is 5.32 Å². The average Bonchev–Trinajstić information content (AvgIpc) is 2.25. The Morgan fingerprint density at radius 1 is 1.25 bits per heavy atom. The highest BCUT2D eigenvalue weighted by molar-refractivity contribution is 6.63. The summed E-state index contributed by atoms with van der Waals surface area (Å²) in [5, 5.41) is 11.3. The molecule has 0 atom stereocenters. The Morgan fingerprint density at radius 2 is 1.88 bits per heavy atom. The predicted molar refractivity (Wildman–Crippen MR) is 60.5 cm³/mol. The molecule has 0 unspecified atom stereocenters. The van der Waals surface area contributed by atoms with E-state index in [0.717, 1.165) is 0 Å². The van der Waals surface area contributed by atoms with Gasteiger partial charge in [-0.2, -0.15) is 0 Å². The summed E-state index contributed by atoms with van der Waals surface area (Å²) in [5.74, 6) is -0.119. The van der Waals surface area contributed by atoms with Crippen LogP contribution in [0.15, 0.2) is 24.3 Å². The lowest BCUT2D eigenvalue weighted by molar-refractivity contribution is -0.111. The molecule has 2 N–H and O–H groups in total. The maximum atomic E-state index is 11.5. The summed E-state index contributed by atoms with van der Waals surface area (Å²) in [6, 6.07) is 5.93. The van der Waals surface area contributed by atoms with Gasteiger partial charge in [0.1, 0.15) is 5.75 Å². The number of rotatable bonds is 5. The zero-order valence-corrected chi connectivity index (χ0v) is 9.33. The van der Waals surface area contributed by atoms with Crippen LogP contribution in [-0.2, 0) is 4.79 Å². The van der Waals surface area contributed by atoms with Gasteiger partial charge in [0, 0.05) is 18.5 Å². The first kappa shape index (κ1) is 12.5. The number of halogens is 1. The van der Waals surface area contributed by atoms with Crippen molar-refractivity contribution in [1.29, 1.82) is 0 Å². The number of carbonyl (C=O) groups is 2. The van der Waals surface area contributed by atoms with Crippen LogP contribution < -0.4 is 5.32 Å². The Morgan fingerprint density at radius 3 is 2.44 bits per heavy atom. The predicted octanol–water partition coefficient (Wildman–Crippen LogP) is 1.67. The third kappa shape index (κ3) is 4.31. The minimum absolute atomic E-state index is 0.115. The molecule has 0 radical (unpaired) electrons. The normalized spacial score (nSPS) is 9.81. The molecule has 0 aliphatic rings. The monoisotopic (exact) mass is 241 g/mol. The summed E-state index contributed by atoms with van der Waals surface area (Å²) in [4.78, 5) is 21.9. The van der Waals surface area contributed by atoms with E-state index in [4.69, 9.17) is 16.7 Å². The van der Waals surface area contributed by atoms with Gasteiger partial charge in [-0.3, -0.25) is 9.59 Å². The fourth-order valence-electron chi connectivity index (χ4n) is 1.14. The van der Waals surface area contributed by atoms with Crippen molar-refractivity contribution in [2.24, 2.45) is 0 Å². The van der Waals surface area contributed by atoms with Crippen molar-refractivity contribution >= 4 is 22.8 Å². The number of nitrogens with one attached hydrogen (secondary N) is 1. The molecule has 0 fully saturated rings. The molecule has 1 rings (SSSR count). The number of phenols is 1. The van der Waals surface area contributed by atoms with Crippen molar-refractivity contribution < 1.29 is 14.7 Å². The zero-order chi connectivity index (χ0) is 12.0. The number of benzene rings is 1. The minimum Gasteiger partial charge on any atom is -0.508 e. The largest absolute Gasteiger partial charge is 0.508 e. The van der Waals surface area contributed by atoms with Gasteiger partial charge in [-0.1, -0.05) is 0 Å². The highest BCUT2D eigenvalue weighted by Gasteiger charge is 2.04. The third-order valence-electron chi connectivity index (χ3n) is 1.97. The van der Waals surface area contributed by atoms with Gasteiger partial charge in [0.05, 0.1) is 0 Å². The Kier molecular flexibility index (Phi) is 4.79. The number of phenolic OH excluding ortho intramolecular Hbond substituents is 1. The van der Waals surface area contributed by atoms with Gasteiger partial charge in [-0.15, -0.1) is 0 Å². The van der Waals surface area contributed by atoms with E-state index >= 15 is 0 Å². The van der Waals surface area contributed by atoms with E-state index in [-0.39, 0.29) is 18.1 Å². The fraction of sp³-hybridized carbons (Fsp3) is 0.273. The molecular weight excluding hydrogens is 230 g/mol. The maximum Gasteiger partial charge on any atom is 0.251 e. The molecule has 1 aromatic rings.